The van der Waals surface area contributed by atoms with Crippen LogP contribution in [0.3, 0.4) is 0 Å². The van der Waals surface area contributed by atoms with Crippen LogP contribution in [0.15, 0.2) is 42.5 Å². The summed E-state index contributed by atoms with van der Waals surface area (Å²) < 4.78 is 30.4. The molecule has 0 aliphatic carbocycles. The number of hydrogen-bond acceptors (Lipinski definition) is 4. The molecule has 0 saturated heterocycles. The summed E-state index contributed by atoms with van der Waals surface area (Å²) in [6.07, 6.45) is 0. The molecule has 2 rings (SSSR count). The Morgan fingerprint density at radius 3 is 2.25 bits per heavy atom. The van der Waals surface area contributed by atoms with Crippen LogP contribution in [0.2, 0.25) is 5.02 Å². The number of benzene rings is 2. The van der Waals surface area contributed by atoms with Crippen LogP contribution in [-0.2, 0) is 25.8 Å². The van der Waals surface area contributed by atoms with Gasteiger partial charge >= 0.3 is 0 Å². The lowest BCUT2D eigenvalue weighted by molar-refractivity contribution is -0.115. The van der Waals surface area contributed by atoms with Crippen LogP contribution in [0.4, 0.5) is 5.69 Å². The van der Waals surface area contributed by atoms with Crippen molar-refractivity contribution in [3.63, 3.8) is 0 Å². The van der Waals surface area contributed by atoms with E-state index in [2.05, 4.69) is 26.1 Å². The fourth-order valence-electron chi connectivity index (χ4n) is 2.61. The van der Waals surface area contributed by atoms with Crippen LogP contribution in [-0.4, -0.2) is 26.7 Å². The first kappa shape index (κ1) is 22.2. The SMILES string of the molecule is COc1ccc(NC(=O)C(C)S(=O)(=O)Cc2ccc(C(C)(C)C)cc2)cc1Cl. The highest BCUT2D eigenvalue weighted by Crippen LogP contribution is 2.27. The largest absolute Gasteiger partial charge is 0.495 e. The highest BCUT2D eigenvalue weighted by atomic mass is 35.5. The third kappa shape index (κ3) is 5.49. The van der Waals surface area contributed by atoms with E-state index in [9.17, 15) is 13.2 Å². The van der Waals surface area contributed by atoms with Crippen molar-refractivity contribution < 1.29 is 17.9 Å². The number of anilines is 1. The van der Waals surface area contributed by atoms with Crippen molar-refractivity contribution in [3.05, 3.63) is 58.6 Å². The summed E-state index contributed by atoms with van der Waals surface area (Å²) in [5.74, 6) is -0.332. The third-order valence-electron chi connectivity index (χ3n) is 4.52. The van der Waals surface area contributed by atoms with Gasteiger partial charge in [0.05, 0.1) is 17.9 Å². The van der Waals surface area contributed by atoms with E-state index in [0.717, 1.165) is 5.56 Å². The minimum atomic E-state index is -3.67. The number of nitrogens with one attached hydrogen (secondary N) is 1. The molecule has 0 aliphatic heterocycles. The van der Waals surface area contributed by atoms with Crippen LogP contribution in [0, 0.1) is 0 Å². The topological polar surface area (TPSA) is 72.5 Å². The summed E-state index contributed by atoms with van der Waals surface area (Å²) in [6.45, 7) is 7.67. The molecule has 0 fully saturated rings. The lowest BCUT2D eigenvalue weighted by Crippen LogP contribution is -2.33. The van der Waals surface area contributed by atoms with E-state index in [1.54, 1.807) is 24.3 Å². The summed E-state index contributed by atoms with van der Waals surface area (Å²) in [4.78, 5) is 12.4. The lowest BCUT2D eigenvalue weighted by Gasteiger charge is -2.19. The molecule has 0 radical (unpaired) electrons. The molecular weight excluding hydrogens is 398 g/mol. The molecule has 1 atom stereocenters. The predicted octanol–water partition coefficient (Wildman–Crippen LogP) is 4.59. The maximum Gasteiger partial charge on any atom is 0.242 e. The Labute approximate surface area is 172 Å². The van der Waals surface area contributed by atoms with Crippen LogP contribution < -0.4 is 10.1 Å². The molecule has 1 N–H and O–H groups in total. The van der Waals surface area contributed by atoms with E-state index < -0.39 is 21.0 Å². The maximum atomic E-state index is 12.7. The Morgan fingerprint density at radius 1 is 1.14 bits per heavy atom. The number of amides is 1. The second-order valence-corrected chi connectivity index (χ2v) is 10.5. The minimum Gasteiger partial charge on any atom is -0.495 e. The Morgan fingerprint density at radius 2 is 1.75 bits per heavy atom. The number of ether oxygens (including phenoxy) is 1. The first-order chi connectivity index (χ1) is 12.9. The van der Waals surface area contributed by atoms with Gasteiger partial charge in [0.15, 0.2) is 9.84 Å². The molecule has 0 aromatic heterocycles. The summed E-state index contributed by atoms with van der Waals surface area (Å²) in [7, 11) is -2.19. The molecule has 1 unspecified atom stereocenters. The fraction of sp³-hybridized carbons (Fsp3) is 0.381. The van der Waals surface area contributed by atoms with Crippen molar-refractivity contribution in [2.24, 2.45) is 0 Å². The van der Waals surface area contributed by atoms with Crippen molar-refractivity contribution in [2.45, 2.75) is 44.1 Å². The number of rotatable bonds is 6. The fourth-order valence-corrected chi connectivity index (χ4v) is 4.16. The zero-order valence-electron chi connectivity index (χ0n) is 16.7. The quantitative estimate of drug-likeness (QED) is 0.737. The monoisotopic (exact) mass is 423 g/mol. The van der Waals surface area contributed by atoms with Gasteiger partial charge in [-0.05, 0) is 41.7 Å². The normalized spacial score (nSPS) is 13.1. The molecule has 0 bridgehead atoms. The van der Waals surface area contributed by atoms with E-state index in [0.29, 0.717) is 22.0 Å². The molecule has 1 amide bonds. The molecule has 0 saturated carbocycles. The Hall–Kier alpha value is -2.05. The predicted molar refractivity (Wildman–Crippen MR) is 114 cm³/mol. The van der Waals surface area contributed by atoms with Crippen molar-refractivity contribution in [3.8, 4) is 5.75 Å². The van der Waals surface area contributed by atoms with Gasteiger partial charge in [0.1, 0.15) is 11.0 Å². The smallest absolute Gasteiger partial charge is 0.242 e. The number of carbonyl (C=O) groups is 1. The molecular formula is C21H26ClNO4S. The number of sulfone groups is 1. The van der Waals surface area contributed by atoms with Gasteiger partial charge in [0.2, 0.25) is 5.91 Å². The van der Waals surface area contributed by atoms with Gasteiger partial charge in [0.25, 0.3) is 0 Å². The zero-order valence-corrected chi connectivity index (χ0v) is 18.3. The average molecular weight is 424 g/mol. The van der Waals surface area contributed by atoms with E-state index in [-0.39, 0.29) is 11.2 Å². The molecule has 2 aromatic rings. The summed E-state index contributed by atoms with van der Waals surface area (Å²) in [5.41, 5.74) is 2.17. The molecule has 0 aliphatic rings. The highest BCUT2D eigenvalue weighted by Gasteiger charge is 2.28. The maximum absolute atomic E-state index is 12.7. The van der Waals surface area contributed by atoms with E-state index in [1.165, 1.54) is 20.1 Å². The van der Waals surface area contributed by atoms with Crippen molar-refractivity contribution in [1.29, 1.82) is 0 Å². The zero-order chi connectivity index (χ0) is 21.1. The van der Waals surface area contributed by atoms with E-state index in [4.69, 9.17) is 16.3 Å². The molecule has 28 heavy (non-hydrogen) atoms. The van der Waals surface area contributed by atoms with Crippen LogP contribution in [0.1, 0.15) is 38.8 Å². The third-order valence-corrected chi connectivity index (χ3v) is 6.84. The van der Waals surface area contributed by atoms with Gasteiger partial charge in [-0.2, -0.15) is 0 Å². The minimum absolute atomic E-state index is 0.00970. The van der Waals surface area contributed by atoms with Crippen LogP contribution in [0.5, 0.6) is 5.75 Å². The number of halogens is 1. The number of carbonyl (C=O) groups excluding carboxylic acids is 1. The number of hydrogen-bond donors (Lipinski definition) is 1. The summed E-state index contributed by atoms with van der Waals surface area (Å²) in [5, 5.41) is 1.73. The van der Waals surface area contributed by atoms with Gasteiger partial charge in [-0.15, -0.1) is 0 Å². The van der Waals surface area contributed by atoms with Crippen LogP contribution in [0.25, 0.3) is 0 Å². The van der Waals surface area contributed by atoms with Gasteiger partial charge in [-0.25, -0.2) is 8.42 Å². The second-order valence-electron chi connectivity index (χ2n) is 7.73. The van der Waals surface area contributed by atoms with Gasteiger partial charge < -0.3 is 10.1 Å². The highest BCUT2D eigenvalue weighted by molar-refractivity contribution is 7.92. The van der Waals surface area contributed by atoms with Crippen LogP contribution >= 0.6 is 11.6 Å². The first-order valence-electron chi connectivity index (χ1n) is 8.89. The van der Waals surface area contributed by atoms with Gasteiger partial charge in [-0.1, -0.05) is 56.6 Å². The molecule has 152 valence electrons. The first-order valence-corrected chi connectivity index (χ1v) is 11.0. The number of methoxy groups -OCH3 is 1. The average Bonchev–Trinajstić information content (AvgIpc) is 2.60. The van der Waals surface area contributed by atoms with Gasteiger partial charge in [-0.3, -0.25) is 4.79 Å². The van der Waals surface area contributed by atoms with E-state index >= 15 is 0 Å². The van der Waals surface area contributed by atoms with Gasteiger partial charge in [0, 0.05) is 5.69 Å². The lowest BCUT2D eigenvalue weighted by atomic mass is 9.87. The van der Waals surface area contributed by atoms with E-state index in [1.807, 2.05) is 12.1 Å². The van der Waals surface area contributed by atoms with Crippen molar-refractivity contribution in [1.82, 2.24) is 0 Å². The second kappa shape index (κ2) is 8.53. The summed E-state index contributed by atoms with van der Waals surface area (Å²) in [6, 6.07) is 12.2. The standard InChI is InChI=1S/C21H26ClNO4S/c1-14(20(24)23-17-10-11-19(27-5)18(22)12-17)28(25,26)13-15-6-8-16(9-7-15)21(2,3)4/h6-12,14H,13H2,1-5H3,(H,23,24). The Kier molecular flexibility index (Phi) is 6.78. The molecule has 7 heteroatoms. The Bertz CT molecular complexity index is 947. The Balaban J connectivity index is 2.10. The molecule has 5 nitrogen and oxygen atoms in total. The molecule has 0 spiro atoms. The van der Waals surface area contributed by atoms with Crippen molar-refractivity contribution >= 4 is 33.0 Å². The molecule has 2 aromatic carbocycles. The summed E-state index contributed by atoms with van der Waals surface area (Å²) >= 11 is 6.04. The molecule has 0 heterocycles. The van der Waals surface area contributed by atoms with Crippen molar-refractivity contribution in [2.75, 3.05) is 12.4 Å².